The Hall–Kier alpha value is -0.505. The first-order valence-electron chi connectivity index (χ1n) is 14.2. The summed E-state index contributed by atoms with van der Waals surface area (Å²) in [5.41, 5.74) is 0. The van der Waals surface area contributed by atoms with Gasteiger partial charge >= 0.3 is 29.6 Å². The standard InChI is InChI=1S/C14H18ClNO3S.C14H16ClNO3S.CH4O.B.Na.H/c2*15-10-4-6-14(7-5-10)20(18,19)16-11-2-1-3-12(16)9-13(17)8-11;1-2;;;/h4-7,11-13,17H,1-3,8-9H2;4-7,11-12H,1-3,8-9H2;2H,1H3;;;/q;;;;+1;-1. The predicted molar refractivity (Wildman–Crippen MR) is 168 cm³/mol. The molecule has 0 aromatic heterocycles. The Labute approximate surface area is 296 Å². The number of sulfonamides is 2. The smallest absolute Gasteiger partial charge is 1.00 e. The van der Waals surface area contributed by atoms with Crippen LogP contribution in [0.2, 0.25) is 10.0 Å². The van der Waals surface area contributed by atoms with Gasteiger partial charge in [0.05, 0.1) is 15.9 Å². The van der Waals surface area contributed by atoms with Gasteiger partial charge in [0.1, 0.15) is 5.78 Å². The molecule has 4 heterocycles. The van der Waals surface area contributed by atoms with Crippen molar-refractivity contribution in [1.29, 1.82) is 0 Å². The molecule has 3 radical (unpaired) electrons. The average Bonchev–Trinajstić information content (AvgIpc) is 2.94. The number of halogens is 2. The number of hydrogen-bond donors (Lipinski definition) is 2. The van der Waals surface area contributed by atoms with Crippen molar-refractivity contribution in [3.05, 3.63) is 58.6 Å². The summed E-state index contributed by atoms with van der Waals surface area (Å²) in [4.78, 5) is 12.2. The van der Waals surface area contributed by atoms with Crippen LogP contribution in [-0.2, 0) is 24.8 Å². The summed E-state index contributed by atoms with van der Waals surface area (Å²) in [6.45, 7) is 0. The van der Waals surface area contributed by atoms with E-state index in [-0.39, 0.29) is 85.2 Å². The second kappa shape index (κ2) is 17.1. The molecule has 0 saturated carbocycles. The Morgan fingerprint density at radius 2 is 1.00 bits per heavy atom. The molecule has 4 aliphatic rings. The van der Waals surface area contributed by atoms with Gasteiger partial charge in [-0.05, 0) is 87.1 Å². The van der Waals surface area contributed by atoms with Crippen LogP contribution in [0.15, 0.2) is 58.3 Å². The van der Waals surface area contributed by atoms with Gasteiger partial charge in [0, 0.05) is 62.6 Å². The van der Waals surface area contributed by atoms with Gasteiger partial charge in [0.25, 0.3) is 0 Å². The summed E-state index contributed by atoms with van der Waals surface area (Å²) in [7, 11) is -6.04. The molecule has 0 spiro atoms. The van der Waals surface area contributed by atoms with Crippen molar-refractivity contribution in [2.45, 2.75) is 104 Å². The van der Waals surface area contributed by atoms with Crippen LogP contribution in [0, 0.1) is 0 Å². The zero-order valence-electron chi connectivity index (χ0n) is 26.1. The van der Waals surface area contributed by atoms with Crippen LogP contribution in [0.3, 0.4) is 0 Å². The Morgan fingerprint density at radius 3 is 1.36 bits per heavy atom. The number of rotatable bonds is 4. The van der Waals surface area contributed by atoms with Crippen molar-refractivity contribution in [3.8, 4) is 0 Å². The largest absolute Gasteiger partial charge is 1.00 e. The van der Waals surface area contributed by atoms with Gasteiger partial charge in [-0.3, -0.25) is 4.79 Å². The summed E-state index contributed by atoms with van der Waals surface area (Å²) < 4.78 is 54.4. The number of ketones is 1. The summed E-state index contributed by atoms with van der Waals surface area (Å²) in [6, 6.07) is 12.1. The normalized spacial score (nSPS) is 26.8. The molecule has 2 N–H and O–H groups in total. The SMILES string of the molecule is CO.O=C1CC2CCCC(C1)N2S(=O)(=O)c1ccc(Cl)cc1.O=S(=O)(c1ccc(Cl)cc1)N1C2CCCC1CC(O)C2.[B].[H-].[Na+]. The number of aliphatic hydroxyl groups excluding tert-OH is 2. The molecule has 4 fully saturated rings. The molecule has 2 aromatic carbocycles. The molecule has 0 aliphatic carbocycles. The second-order valence-electron chi connectivity index (χ2n) is 11.1. The Bertz CT molecular complexity index is 1430. The van der Waals surface area contributed by atoms with E-state index in [9.17, 15) is 26.7 Å². The van der Waals surface area contributed by atoms with Crippen molar-refractivity contribution in [2.24, 2.45) is 0 Å². The van der Waals surface area contributed by atoms with Gasteiger partial charge in [0.15, 0.2) is 0 Å². The van der Waals surface area contributed by atoms with E-state index < -0.39 is 20.0 Å². The van der Waals surface area contributed by atoms with Crippen LogP contribution in [0.4, 0.5) is 0 Å². The molecule has 15 heteroatoms. The molecule has 4 bridgehead atoms. The van der Waals surface area contributed by atoms with Gasteiger partial charge < -0.3 is 11.6 Å². The van der Waals surface area contributed by atoms with E-state index in [1.165, 1.54) is 12.1 Å². The number of fused-ring (bicyclic) bond motifs is 4. The molecular formula is C29H39BCl2N2NaO7S2. The third-order valence-electron chi connectivity index (χ3n) is 8.38. The number of benzene rings is 2. The van der Waals surface area contributed by atoms with Crippen LogP contribution < -0.4 is 29.6 Å². The molecule has 6 rings (SSSR count). The van der Waals surface area contributed by atoms with E-state index in [0.29, 0.717) is 35.7 Å². The third-order valence-corrected chi connectivity index (χ3v) is 12.9. The van der Waals surface area contributed by atoms with Crippen molar-refractivity contribution >= 4 is 57.4 Å². The Kier molecular flexibility index (Phi) is 15.4. The topological polar surface area (TPSA) is 132 Å². The van der Waals surface area contributed by atoms with Crippen LogP contribution >= 0.6 is 23.2 Å². The summed E-state index contributed by atoms with van der Waals surface area (Å²) in [5.74, 6) is 0.183. The monoisotopic (exact) mass is 695 g/mol. The molecular weight excluding hydrogens is 657 g/mol. The zero-order valence-corrected chi connectivity index (χ0v) is 30.2. The first kappa shape index (κ1) is 39.7. The van der Waals surface area contributed by atoms with Crippen molar-refractivity contribution in [2.75, 3.05) is 7.11 Å². The summed E-state index contributed by atoms with van der Waals surface area (Å²) in [5, 5.41) is 17.9. The van der Waals surface area contributed by atoms with Crippen LogP contribution in [-0.4, -0.2) is 87.2 Å². The Balaban J connectivity index is 0.000000401. The molecule has 0 amide bonds. The number of carbonyl (C=O) groups is 1. The summed E-state index contributed by atoms with van der Waals surface area (Å²) >= 11 is 11.6. The minimum atomic E-state index is -3.54. The van der Waals surface area contributed by atoms with E-state index >= 15 is 0 Å². The number of hydrogen-bond acceptors (Lipinski definition) is 7. The fourth-order valence-corrected chi connectivity index (χ4v) is 10.7. The number of Topliss-reactive ketones (excluding diaryl/α,β-unsaturated/α-hetero) is 1. The van der Waals surface area contributed by atoms with E-state index in [1.807, 2.05) is 0 Å². The minimum absolute atomic E-state index is 0. The molecule has 4 aliphatic heterocycles. The van der Waals surface area contributed by atoms with E-state index in [4.69, 9.17) is 28.3 Å². The van der Waals surface area contributed by atoms with Crippen molar-refractivity contribution in [3.63, 3.8) is 0 Å². The zero-order chi connectivity index (χ0) is 30.7. The molecule has 44 heavy (non-hydrogen) atoms. The minimum Gasteiger partial charge on any atom is -1.00 e. The van der Waals surface area contributed by atoms with Crippen LogP contribution in [0.5, 0.6) is 0 Å². The van der Waals surface area contributed by atoms with Gasteiger partial charge in [-0.2, -0.15) is 8.61 Å². The first-order chi connectivity index (χ1) is 20.0. The molecule has 2 aromatic rings. The van der Waals surface area contributed by atoms with Gasteiger partial charge in [0.2, 0.25) is 20.0 Å². The van der Waals surface area contributed by atoms with Gasteiger partial charge in [-0.1, -0.05) is 36.0 Å². The molecule has 4 unspecified atom stereocenters. The maximum absolute atomic E-state index is 12.8. The molecule has 4 atom stereocenters. The number of nitrogens with zero attached hydrogens (tertiary/aromatic N) is 2. The molecule has 237 valence electrons. The summed E-state index contributed by atoms with van der Waals surface area (Å²) in [6.07, 6.45) is 6.66. The number of piperidine rings is 4. The Morgan fingerprint density at radius 1 is 0.682 bits per heavy atom. The van der Waals surface area contributed by atoms with Crippen LogP contribution in [0.1, 0.15) is 65.6 Å². The maximum atomic E-state index is 12.8. The quantitative estimate of drug-likeness (QED) is 0.462. The van der Waals surface area contributed by atoms with E-state index in [1.54, 1.807) is 45.0 Å². The van der Waals surface area contributed by atoms with E-state index in [0.717, 1.165) is 45.6 Å². The molecule has 9 nitrogen and oxygen atoms in total. The predicted octanol–water partition coefficient (Wildman–Crippen LogP) is 1.37. The second-order valence-corrected chi connectivity index (χ2v) is 15.7. The third kappa shape index (κ3) is 8.89. The number of carbonyl (C=O) groups excluding carboxylic acids is 1. The van der Waals surface area contributed by atoms with Gasteiger partial charge in [-0.25, -0.2) is 16.8 Å². The van der Waals surface area contributed by atoms with Crippen LogP contribution in [0.25, 0.3) is 0 Å². The average molecular weight is 696 g/mol. The first-order valence-corrected chi connectivity index (χ1v) is 17.8. The fourth-order valence-electron chi connectivity index (χ4n) is 6.69. The van der Waals surface area contributed by atoms with E-state index in [2.05, 4.69) is 0 Å². The van der Waals surface area contributed by atoms with Gasteiger partial charge in [-0.15, -0.1) is 0 Å². The number of aliphatic hydroxyl groups is 2. The fraction of sp³-hybridized carbons (Fsp3) is 0.552. The van der Waals surface area contributed by atoms with Crippen molar-refractivity contribution < 1.29 is 62.8 Å². The molecule has 4 saturated heterocycles. The van der Waals surface area contributed by atoms with Crippen molar-refractivity contribution in [1.82, 2.24) is 8.61 Å². The maximum Gasteiger partial charge on any atom is 1.00 e.